The fourth-order valence-electron chi connectivity index (χ4n) is 4.55. The van der Waals surface area contributed by atoms with E-state index in [9.17, 15) is 33.2 Å². The van der Waals surface area contributed by atoms with E-state index in [1.165, 1.54) is 0 Å². The van der Waals surface area contributed by atoms with E-state index in [4.69, 9.17) is 0 Å². The van der Waals surface area contributed by atoms with Crippen molar-refractivity contribution in [3.8, 4) is 5.75 Å². The Morgan fingerprint density at radius 1 is 1.06 bits per heavy atom. The number of aromatic hydroxyl groups is 1. The largest absolute Gasteiger partial charge is 0.508 e. The minimum Gasteiger partial charge on any atom is -0.508 e. The molecule has 0 saturated carbocycles. The summed E-state index contributed by atoms with van der Waals surface area (Å²) < 4.78 is 38.9. The van der Waals surface area contributed by atoms with Gasteiger partial charge in [0.2, 0.25) is 5.91 Å². The van der Waals surface area contributed by atoms with Gasteiger partial charge >= 0.3 is 6.18 Å². The second-order valence-electron chi connectivity index (χ2n) is 8.53. The molecule has 1 N–H and O–H groups in total. The number of amides is 1. The van der Waals surface area contributed by atoms with Gasteiger partial charge in [0.1, 0.15) is 11.4 Å². The molecule has 0 bridgehead atoms. The van der Waals surface area contributed by atoms with Crippen molar-refractivity contribution in [1.29, 1.82) is 0 Å². The molecular formula is C24H24F3N3O4. The van der Waals surface area contributed by atoms with Crippen molar-refractivity contribution in [3.05, 3.63) is 69.8 Å². The number of phenolic OH excluding ortho intramolecular Hbond substituents is 1. The topological polar surface area (TPSA) is 86.9 Å². The maximum Gasteiger partial charge on any atom is 0.416 e. The second-order valence-corrected chi connectivity index (χ2v) is 8.53. The highest BCUT2D eigenvalue weighted by molar-refractivity contribution is 5.81. The van der Waals surface area contributed by atoms with Gasteiger partial charge in [0, 0.05) is 38.2 Å². The number of anilines is 1. The Hall–Kier alpha value is -3.56. The Labute approximate surface area is 194 Å². The summed E-state index contributed by atoms with van der Waals surface area (Å²) in [5.74, 6) is 0.000820. The summed E-state index contributed by atoms with van der Waals surface area (Å²) in [6.07, 6.45) is -1.00. The third-order valence-corrected chi connectivity index (χ3v) is 6.44. The van der Waals surface area contributed by atoms with Gasteiger partial charge in [-0.25, -0.2) is 0 Å². The number of nitrogens with zero attached hydrogens (tertiary/aromatic N) is 3. The highest BCUT2D eigenvalue weighted by atomic mass is 19.4. The first kappa shape index (κ1) is 23.6. The van der Waals surface area contributed by atoms with Crippen LogP contribution in [0.25, 0.3) is 5.57 Å². The van der Waals surface area contributed by atoms with Gasteiger partial charge in [0.25, 0.3) is 5.69 Å². The molecule has 0 radical (unpaired) electrons. The Bertz CT molecular complexity index is 1110. The van der Waals surface area contributed by atoms with Crippen LogP contribution in [0.3, 0.4) is 0 Å². The van der Waals surface area contributed by atoms with Crippen LogP contribution in [0.15, 0.2) is 48.5 Å². The summed E-state index contributed by atoms with van der Waals surface area (Å²) >= 11 is 0. The molecule has 1 fully saturated rings. The minimum atomic E-state index is -4.66. The predicted molar refractivity (Wildman–Crippen MR) is 120 cm³/mol. The molecule has 2 heterocycles. The van der Waals surface area contributed by atoms with E-state index in [2.05, 4.69) is 0 Å². The van der Waals surface area contributed by atoms with Crippen LogP contribution in [0, 0.1) is 16.0 Å². The molecule has 0 unspecified atom stereocenters. The molecular weight excluding hydrogens is 451 g/mol. The van der Waals surface area contributed by atoms with Crippen molar-refractivity contribution in [2.24, 2.45) is 5.92 Å². The lowest BCUT2D eigenvalue weighted by Crippen LogP contribution is -2.44. The summed E-state index contributed by atoms with van der Waals surface area (Å²) in [4.78, 5) is 27.1. The molecule has 2 aromatic rings. The van der Waals surface area contributed by atoms with Crippen LogP contribution in [0.2, 0.25) is 0 Å². The number of hydrogen-bond acceptors (Lipinski definition) is 5. The molecule has 2 aliphatic rings. The quantitative estimate of drug-likeness (QED) is 0.505. The van der Waals surface area contributed by atoms with Crippen molar-refractivity contribution in [1.82, 2.24) is 4.90 Å². The Morgan fingerprint density at radius 3 is 2.29 bits per heavy atom. The first-order valence-electron chi connectivity index (χ1n) is 11.0. The van der Waals surface area contributed by atoms with E-state index < -0.39 is 22.4 Å². The van der Waals surface area contributed by atoms with Gasteiger partial charge in [-0.1, -0.05) is 18.2 Å². The van der Waals surface area contributed by atoms with Crippen LogP contribution in [-0.4, -0.2) is 47.0 Å². The molecule has 180 valence electrons. The van der Waals surface area contributed by atoms with Gasteiger partial charge in [0.05, 0.1) is 10.5 Å². The SMILES string of the molecule is O=C(C1CCN(c2ccc(C(F)(F)F)cc2[N+](=O)[O-])CC1)N1CC=C(c2ccc(O)cc2)CC1. The standard InChI is InChI=1S/C24H24F3N3O4/c25-24(26,27)19-3-6-21(22(15-19)30(33)34)28-11-9-18(10-12-28)23(32)29-13-7-17(8-14-29)16-1-4-20(31)5-2-16/h1-7,15,18,31H,8-14H2. The minimum absolute atomic E-state index is 0.0302. The number of nitro groups is 1. The zero-order valence-corrected chi connectivity index (χ0v) is 18.3. The molecule has 34 heavy (non-hydrogen) atoms. The van der Waals surface area contributed by atoms with Crippen LogP contribution in [-0.2, 0) is 11.0 Å². The van der Waals surface area contributed by atoms with Crippen molar-refractivity contribution < 1.29 is 28.0 Å². The van der Waals surface area contributed by atoms with Gasteiger partial charge in [-0.05, 0) is 54.7 Å². The molecule has 7 nitrogen and oxygen atoms in total. The molecule has 2 aliphatic heterocycles. The summed E-state index contributed by atoms with van der Waals surface area (Å²) in [7, 11) is 0. The molecule has 1 saturated heterocycles. The van der Waals surface area contributed by atoms with Crippen LogP contribution >= 0.6 is 0 Å². The summed E-state index contributed by atoms with van der Waals surface area (Å²) in [5.41, 5.74) is 0.633. The van der Waals surface area contributed by atoms with Gasteiger partial charge in [0.15, 0.2) is 0 Å². The zero-order valence-electron chi connectivity index (χ0n) is 18.3. The van der Waals surface area contributed by atoms with Gasteiger partial charge < -0.3 is 14.9 Å². The number of carbonyl (C=O) groups excluding carboxylic acids is 1. The number of nitro benzene ring substituents is 1. The van der Waals surface area contributed by atoms with Crippen LogP contribution in [0.4, 0.5) is 24.5 Å². The van der Waals surface area contributed by atoms with Crippen molar-refractivity contribution in [3.63, 3.8) is 0 Å². The molecule has 0 aliphatic carbocycles. The van der Waals surface area contributed by atoms with E-state index in [0.717, 1.165) is 23.3 Å². The molecule has 10 heteroatoms. The summed E-state index contributed by atoms with van der Waals surface area (Å²) in [5, 5.41) is 20.8. The van der Waals surface area contributed by atoms with Gasteiger partial charge in [-0.2, -0.15) is 13.2 Å². The molecule has 1 amide bonds. The highest BCUT2D eigenvalue weighted by Crippen LogP contribution is 2.38. The zero-order chi connectivity index (χ0) is 24.5. The van der Waals surface area contributed by atoms with Crippen LogP contribution < -0.4 is 4.90 Å². The number of piperidine rings is 1. The van der Waals surface area contributed by atoms with Crippen LogP contribution in [0.1, 0.15) is 30.4 Å². The van der Waals surface area contributed by atoms with Crippen molar-refractivity contribution in [2.75, 3.05) is 31.1 Å². The Balaban J connectivity index is 1.38. The number of halogens is 3. The van der Waals surface area contributed by atoms with E-state index in [1.807, 2.05) is 18.2 Å². The van der Waals surface area contributed by atoms with E-state index in [-0.39, 0.29) is 23.3 Å². The number of carbonyl (C=O) groups is 1. The first-order chi connectivity index (χ1) is 16.1. The first-order valence-corrected chi connectivity index (χ1v) is 11.0. The average molecular weight is 475 g/mol. The monoisotopic (exact) mass is 475 g/mol. The van der Waals surface area contributed by atoms with Crippen molar-refractivity contribution in [2.45, 2.75) is 25.4 Å². The molecule has 4 rings (SSSR count). The lowest BCUT2D eigenvalue weighted by molar-refractivity contribution is -0.384. The van der Waals surface area contributed by atoms with Crippen LogP contribution in [0.5, 0.6) is 5.75 Å². The average Bonchev–Trinajstić information content (AvgIpc) is 2.83. The lowest BCUT2D eigenvalue weighted by Gasteiger charge is -2.36. The second kappa shape index (κ2) is 9.36. The van der Waals surface area contributed by atoms with Gasteiger partial charge in [-0.3, -0.25) is 14.9 Å². The normalized spacial score (nSPS) is 17.4. The Morgan fingerprint density at radius 2 is 1.74 bits per heavy atom. The van der Waals surface area contributed by atoms with E-state index in [1.54, 1.807) is 21.9 Å². The summed E-state index contributed by atoms with van der Waals surface area (Å²) in [6.45, 7) is 1.77. The van der Waals surface area contributed by atoms with E-state index in [0.29, 0.717) is 51.5 Å². The number of alkyl halides is 3. The molecule has 0 aromatic heterocycles. The lowest BCUT2D eigenvalue weighted by atomic mass is 9.93. The maximum atomic E-state index is 13.0. The third kappa shape index (κ3) is 5.00. The molecule has 0 spiro atoms. The summed E-state index contributed by atoms with van der Waals surface area (Å²) in [6, 6.07) is 9.50. The molecule has 0 atom stereocenters. The number of phenols is 1. The van der Waals surface area contributed by atoms with E-state index >= 15 is 0 Å². The molecule has 2 aromatic carbocycles. The maximum absolute atomic E-state index is 13.0. The number of benzene rings is 2. The predicted octanol–water partition coefficient (Wildman–Crippen LogP) is 4.85. The Kier molecular flexibility index (Phi) is 6.49. The fourth-order valence-corrected chi connectivity index (χ4v) is 4.55. The van der Waals surface area contributed by atoms with Crippen molar-refractivity contribution >= 4 is 22.9 Å². The third-order valence-electron chi connectivity index (χ3n) is 6.44. The fraction of sp³-hybridized carbons (Fsp3) is 0.375. The van der Waals surface area contributed by atoms with Gasteiger partial charge in [-0.15, -0.1) is 0 Å². The number of hydrogen-bond donors (Lipinski definition) is 1. The number of rotatable bonds is 4. The highest BCUT2D eigenvalue weighted by Gasteiger charge is 2.35. The smallest absolute Gasteiger partial charge is 0.416 e.